The standard InChI is InChI=1S/C16H11ClN6OS/c17-9-3-1-4-10(7-9)20-13-12-14(19-8-18-13)22-23-15(12)21-16(24)11-5-2-6-25-11/h1-8H,(H3,18,19,20,21,22,23,24). The Bertz CT molecular complexity index is 1050. The molecule has 0 radical (unpaired) electrons. The number of H-pyrrole nitrogens is 1. The van der Waals surface area contributed by atoms with Crippen LogP contribution in [-0.4, -0.2) is 26.1 Å². The van der Waals surface area contributed by atoms with Crippen LogP contribution in [0.15, 0.2) is 48.1 Å². The molecule has 0 atom stereocenters. The van der Waals surface area contributed by atoms with Gasteiger partial charge >= 0.3 is 0 Å². The molecule has 0 aliphatic rings. The number of hydrogen-bond acceptors (Lipinski definition) is 6. The summed E-state index contributed by atoms with van der Waals surface area (Å²) in [6.45, 7) is 0. The lowest BCUT2D eigenvalue weighted by Gasteiger charge is -2.08. The maximum absolute atomic E-state index is 12.3. The third kappa shape index (κ3) is 3.17. The topological polar surface area (TPSA) is 95.6 Å². The number of aromatic amines is 1. The monoisotopic (exact) mass is 370 g/mol. The highest BCUT2D eigenvalue weighted by molar-refractivity contribution is 7.12. The molecule has 1 aromatic carbocycles. The summed E-state index contributed by atoms with van der Waals surface area (Å²) in [5, 5.41) is 15.9. The lowest BCUT2D eigenvalue weighted by Crippen LogP contribution is -2.11. The van der Waals surface area contributed by atoms with Gasteiger partial charge in [0.25, 0.3) is 5.91 Å². The Morgan fingerprint density at radius 3 is 2.92 bits per heavy atom. The number of nitrogens with one attached hydrogen (secondary N) is 3. The summed E-state index contributed by atoms with van der Waals surface area (Å²) in [5.41, 5.74) is 1.21. The largest absolute Gasteiger partial charge is 0.339 e. The zero-order valence-electron chi connectivity index (χ0n) is 12.7. The molecular weight excluding hydrogens is 360 g/mol. The highest BCUT2D eigenvalue weighted by Crippen LogP contribution is 2.29. The number of carbonyl (C=O) groups excluding carboxylic acids is 1. The Labute approximate surface area is 151 Å². The summed E-state index contributed by atoms with van der Waals surface area (Å²) >= 11 is 7.38. The Hall–Kier alpha value is -2.97. The van der Waals surface area contributed by atoms with Gasteiger partial charge in [-0.15, -0.1) is 11.3 Å². The highest BCUT2D eigenvalue weighted by atomic mass is 35.5. The first kappa shape index (κ1) is 15.6. The summed E-state index contributed by atoms with van der Waals surface area (Å²) in [7, 11) is 0. The minimum atomic E-state index is -0.224. The molecule has 0 aliphatic heterocycles. The third-order valence-electron chi connectivity index (χ3n) is 3.42. The van der Waals surface area contributed by atoms with E-state index in [1.165, 1.54) is 17.7 Å². The van der Waals surface area contributed by atoms with Gasteiger partial charge in [0.15, 0.2) is 5.65 Å². The molecule has 3 N–H and O–H groups in total. The smallest absolute Gasteiger partial charge is 0.266 e. The van der Waals surface area contributed by atoms with Crippen LogP contribution < -0.4 is 10.6 Å². The first-order chi connectivity index (χ1) is 12.2. The van der Waals surface area contributed by atoms with Crippen molar-refractivity contribution < 1.29 is 4.79 Å². The van der Waals surface area contributed by atoms with Crippen molar-refractivity contribution in [1.29, 1.82) is 0 Å². The number of carbonyl (C=O) groups is 1. The number of halogens is 1. The van der Waals surface area contributed by atoms with E-state index in [-0.39, 0.29) is 5.91 Å². The van der Waals surface area contributed by atoms with E-state index in [0.717, 1.165) is 5.69 Å². The number of nitrogens with zero attached hydrogens (tertiary/aromatic N) is 3. The fourth-order valence-corrected chi connectivity index (χ4v) is 3.14. The number of thiophene rings is 1. The van der Waals surface area contributed by atoms with Crippen LogP contribution in [-0.2, 0) is 0 Å². The van der Waals surface area contributed by atoms with E-state index in [4.69, 9.17) is 11.6 Å². The minimum absolute atomic E-state index is 0.224. The molecule has 9 heteroatoms. The molecule has 0 bridgehead atoms. The predicted octanol–water partition coefficient (Wildman–Crippen LogP) is 4.06. The molecule has 0 aliphatic carbocycles. The molecule has 0 unspecified atom stereocenters. The number of rotatable bonds is 4. The van der Waals surface area contributed by atoms with E-state index in [1.54, 1.807) is 18.2 Å². The van der Waals surface area contributed by atoms with E-state index >= 15 is 0 Å². The third-order valence-corrected chi connectivity index (χ3v) is 4.53. The number of aromatic nitrogens is 4. The minimum Gasteiger partial charge on any atom is -0.339 e. The second-order valence-corrected chi connectivity index (χ2v) is 6.47. The SMILES string of the molecule is O=C(Nc1[nH]nc2ncnc(Nc3cccc(Cl)c3)c12)c1cccs1. The maximum atomic E-state index is 12.3. The lowest BCUT2D eigenvalue weighted by atomic mass is 10.3. The highest BCUT2D eigenvalue weighted by Gasteiger charge is 2.16. The summed E-state index contributed by atoms with van der Waals surface area (Å²) < 4.78 is 0. The number of hydrogen-bond donors (Lipinski definition) is 3. The molecule has 7 nitrogen and oxygen atoms in total. The lowest BCUT2D eigenvalue weighted by molar-refractivity contribution is 0.103. The Balaban J connectivity index is 1.70. The Morgan fingerprint density at radius 1 is 1.20 bits per heavy atom. The Kier molecular flexibility index (Phi) is 4.04. The number of benzene rings is 1. The second-order valence-electron chi connectivity index (χ2n) is 5.09. The molecule has 3 aromatic heterocycles. The molecule has 4 aromatic rings. The fourth-order valence-electron chi connectivity index (χ4n) is 2.33. The van der Waals surface area contributed by atoms with E-state index in [2.05, 4.69) is 30.8 Å². The molecule has 0 fully saturated rings. The molecule has 0 saturated carbocycles. The normalized spacial score (nSPS) is 10.8. The molecule has 25 heavy (non-hydrogen) atoms. The number of amides is 1. The van der Waals surface area contributed by atoms with Crippen LogP contribution in [0.5, 0.6) is 0 Å². The quantitative estimate of drug-likeness (QED) is 0.503. The van der Waals surface area contributed by atoms with Crippen molar-refractivity contribution in [2.45, 2.75) is 0 Å². The van der Waals surface area contributed by atoms with Crippen molar-refractivity contribution >= 4 is 57.2 Å². The van der Waals surface area contributed by atoms with Crippen molar-refractivity contribution in [3.05, 3.63) is 58.0 Å². The van der Waals surface area contributed by atoms with Crippen molar-refractivity contribution in [3.63, 3.8) is 0 Å². The van der Waals surface area contributed by atoms with E-state index < -0.39 is 0 Å². The zero-order valence-corrected chi connectivity index (χ0v) is 14.2. The molecule has 4 rings (SSSR count). The van der Waals surface area contributed by atoms with Gasteiger partial charge in [0.1, 0.15) is 23.3 Å². The van der Waals surface area contributed by atoms with Crippen molar-refractivity contribution in [1.82, 2.24) is 20.2 Å². The first-order valence-electron chi connectivity index (χ1n) is 7.27. The summed E-state index contributed by atoms with van der Waals surface area (Å²) in [6.07, 6.45) is 1.40. The van der Waals surface area contributed by atoms with Crippen LogP contribution in [0.4, 0.5) is 17.3 Å². The van der Waals surface area contributed by atoms with Gasteiger partial charge < -0.3 is 10.6 Å². The number of fused-ring (bicyclic) bond motifs is 1. The second kappa shape index (κ2) is 6.50. The summed E-state index contributed by atoms with van der Waals surface area (Å²) in [6, 6.07) is 10.8. The van der Waals surface area contributed by atoms with Crippen LogP contribution in [0, 0.1) is 0 Å². The van der Waals surface area contributed by atoms with Gasteiger partial charge in [0.05, 0.1) is 4.88 Å². The van der Waals surface area contributed by atoms with Crippen LogP contribution in [0.3, 0.4) is 0 Å². The van der Waals surface area contributed by atoms with Crippen molar-refractivity contribution in [2.75, 3.05) is 10.6 Å². The zero-order chi connectivity index (χ0) is 17.2. The van der Waals surface area contributed by atoms with Gasteiger partial charge in [-0.25, -0.2) is 9.97 Å². The van der Waals surface area contributed by atoms with Crippen LogP contribution in [0.25, 0.3) is 11.0 Å². The molecular formula is C16H11ClN6OS. The molecule has 0 spiro atoms. The van der Waals surface area contributed by atoms with E-state index in [1.807, 2.05) is 23.6 Å². The van der Waals surface area contributed by atoms with Crippen LogP contribution >= 0.6 is 22.9 Å². The van der Waals surface area contributed by atoms with Crippen LogP contribution in [0.2, 0.25) is 5.02 Å². The Morgan fingerprint density at radius 2 is 2.12 bits per heavy atom. The van der Waals surface area contributed by atoms with Crippen LogP contribution in [0.1, 0.15) is 9.67 Å². The van der Waals surface area contributed by atoms with Gasteiger partial charge in [-0.05, 0) is 29.6 Å². The summed E-state index contributed by atoms with van der Waals surface area (Å²) in [4.78, 5) is 21.3. The fraction of sp³-hybridized carbons (Fsp3) is 0. The molecule has 0 saturated heterocycles. The summed E-state index contributed by atoms with van der Waals surface area (Å²) in [5.74, 6) is 0.721. The molecule has 1 amide bonds. The van der Waals surface area contributed by atoms with Gasteiger partial charge in [-0.3, -0.25) is 9.89 Å². The van der Waals surface area contributed by atoms with Gasteiger partial charge in [-0.1, -0.05) is 23.7 Å². The van der Waals surface area contributed by atoms with Gasteiger partial charge in [0, 0.05) is 10.7 Å². The average Bonchev–Trinajstić information content (AvgIpc) is 3.26. The maximum Gasteiger partial charge on any atom is 0.266 e. The predicted molar refractivity (Wildman–Crippen MR) is 98.7 cm³/mol. The van der Waals surface area contributed by atoms with Gasteiger partial charge in [-0.2, -0.15) is 5.10 Å². The van der Waals surface area contributed by atoms with Crippen molar-refractivity contribution in [3.8, 4) is 0 Å². The van der Waals surface area contributed by atoms with Crippen molar-refractivity contribution in [2.24, 2.45) is 0 Å². The molecule has 124 valence electrons. The number of anilines is 3. The van der Waals surface area contributed by atoms with Gasteiger partial charge in [0.2, 0.25) is 0 Å². The first-order valence-corrected chi connectivity index (χ1v) is 8.53. The average molecular weight is 371 g/mol. The van der Waals surface area contributed by atoms with E-state index in [9.17, 15) is 4.79 Å². The van der Waals surface area contributed by atoms with E-state index in [0.29, 0.717) is 32.6 Å². The molecule has 3 heterocycles.